The number of carbonyl (C=O) groups is 2. The van der Waals surface area contributed by atoms with Gasteiger partial charge in [0.1, 0.15) is 0 Å². The van der Waals surface area contributed by atoms with Gasteiger partial charge in [0.15, 0.2) is 0 Å². The van der Waals surface area contributed by atoms with E-state index in [0.29, 0.717) is 5.69 Å². The molecule has 28 heavy (non-hydrogen) atoms. The summed E-state index contributed by atoms with van der Waals surface area (Å²) in [5.74, 6) is -1.92. The Labute approximate surface area is 168 Å². The summed E-state index contributed by atoms with van der Waals surface area (Å²) in [6, 6.07) is 19.3. The molecule has 0 atom stereocenters. The van der Waals surface area contributed by atoms with Gasteiger partial charge in [-0.25, -0.2) is 9.59 Å². The highest BCUT2D eigenvalue weighted by Gasteiger charge is 2.09. The second kappa shape index (κ2) is 9.58. The van der Waals surface area contributed by atoms with Crippen LogP contribution in [0.5, 0.6) is 0 Å². The van der Waals surface area contributed by atoms with E-state index in [-0.39, 0.29) is 16.1 Å². The fourth-order valence-corrected chi connectivity index (χ4v) is 2.83. The number of aryl methyl sites for hydroxylation is 2. The third-order valence-corrected chi connectivity index (χ3v) is 4.09. The molecule has 0 heterocycles. The van der Waals surface area contributed by atoms with Crippen molar-refractivity contribution in [3.63, 3.8) is 0 Å². The molecule has 0 aliphatic heterocycles. The molecule has 3 N–H and O–H groups in total. The average molecular weight is 398 g/mol. The molecule has 6 heteroatoms. The number of halogens is 1. The van der Waals surface area contributed by atoms with Crippen LogP contribution in [0, 0.1) is 13.8 Å². The second-order valence-electron chi connectivity index (χ2n) is 6.14. The molecule has 0 spiro atoms. The summed E-state index contributed by atoms with van der Waals surface area (Å²) < 4.78 is 0. The van der Waals surface area contributed by atoms with Gasteiger partial charge < -0.3 is 15.5 Å². The number of benzene rings is 3. The van der Waals surface area contributed by atoms with Gasteiger partial charge in [0, 0.05) is 5.69 Å². The van der Waals surface area contributed by atoms with E-state index in [4.69, 9.17) is 21.8 Å². The number of hydrogen-bond donors (Lipinski definition) is 3. The van der Waals surface area contributed by atoms with E-state index < -0.39 is 11.9 Å². The zero-order valence-electron chi connectivity index (χ0n) is 15.4. The molecule has 0 radical (unpaired) electrons. The Bertz CT molecular complexity index is 981. The molecule has 0 aromatic heterocycles. The third-order valence-electron chi connectivity index (χ3n) is 3.76. The Kier molecular flexibility index (Phi) is 7.18. The maximum absolute atomic E-state index is 11.1. The van der Waals surface area contributed by atoms with Crippen LogP contribution in [0.1, 0.15) is 31.8 Å². The van der Waals surface area contributed by atoms with Gasteiger partial charge in [-0.3, -0.25) is 0 Å². The molecule has 0 aliphatic carbocycles. The summed E-state index contributed by atoms with van der Waals surface area (Å²) in [7, 11) is 0. The van der Waals surface area contributed by atoms with Crippen LogP contribution in [0.4, 0.5) is 11.4 Å². The summed E-state index contributed by atoms with van der Waals surface area (Å²) in [6.45, 7) is 4.03. The van der Waals surface area contributed by atoms with Crippen LogP contribution >= 0.6 is 11.6 Å². The summed E-state index contributed by atoms with van der Waals surface area (Å²) in [6.07, 6.45) is 0. The quantitative estimate of drug-likeness (QED) is 0.519. The first-order valence-corrected chi connectivity index (χ1v) is 8.81. The number of carboxylic acids is 2. The minimum atomic E-state index is -0.995. The second-order valence-corrected chi connectivity index (χ2v) is 6.54. The molecule has 0 aliphatic rings. The zero-order chi connectivity index (χ0) is 20.7. The van der Waals surface area contributed by atoms with Crippen LogP contribution in [0.3, 0.4) is 0 Å². The molecule has 0 amide bonds. The topological polar surface area (TPSA) is 86.6 Å². The van der Waals surface area contributed by atoms with Gasteiger partial charge in [0.2, 0.25) is 0 Å². The van der Waals surface area contributed by atoms with Crippen LogP contribution in [-0.2, 0) is 0 Å². The normalized spacial score (nSPS) is 9.82. The summed E-state index contributed by atoms with van der Waals surface area (Å²) in [5, 5.41) is 21.0. The molecule has 3 rings (SSSR count). The van der Waals surface area contributed by atoms with Crippen LogP contribution in [0.25, 0.3) is 0 Å². The fraction of sp³-hybridized carbons (Fsp3) is 0.0909. The van der Waals surface area contributed by atoms with E-state index in [1.807, 2.05) is 32.0 Å². The highest BCUT2D eigenvalue weighted by atomic mass is 35.5. The van der Waals surface area contributed by atoms with Crippen molar-refractivity contribution in [1.82, 2.24) is 0 Å². The average Bonchev–Trinajstić information content (AvgIpc) is 2.62. The number of anilines is 2. The molecule has 0 saturated heterocycles. The minimum absolute atomic E-state index is 0.143. The predicted octanol–water partition coefficient (Wildman–Crippen LogP) is 5.78. The van der Waals surface area contributed by atoms with Crippen LogP contribution in [0.15, 0.2) is 66.7 Å². The third kappa shape index (κ3) is 5.86. The summed E-state index contributed by atoms with van der Waals surface area (Å²) >= 11 is 5.54. The molecule has 0 fully saturated rings. The maximum atomic E-state index is 11.1. The first kappa shape index (κ1) is 21.0. The lowest BCUT2D eigenvalue weighted by molar-refractivity contribution is 0.0686. The Morgan fingerprint density at radius 3 is 1.79 bits per heavy atom. The largest absolute Gasteiger partial charge is 0.478 e. The van der Waals surface area contributed by atoms with E-state index >= 15 is 0 Å². The maximum Gasteiger partial charge on any atom is 0.337 e. The molecular weight excluding hydrogens is 378 g/mol. The van der Waals surface area contributed by atoms with E-state index in [2.05, 4.69) is 11.4 Å². The van der Waals surface area contributed by atoms with E-state index in [1.165, 1.54) is 6.07 Å². The van der Waals surface area contributed by atoms with E-state index in [9.17, 15) is 9.59 Å². The number of para-hydroxylation sites is 1. The van der Waals surface area contributed by atoms with Crippen molar-refractivity contribution in [3.05, 3.63) is 94.0 Å². The van der Waals surface area contributed by atoms with Gasteiger partial charge in [-0.1, -0.05) is 41.9 Å². The lowest BCUT2D eigenvalue weighted by Gasteiger charge is -2.11. The Morgan fingerprint density at radius 2 is 1.29 bits per heavy atom. The van der Waals surface area contributed by atoms with Crippen molar-refractivity contribution in [2.45, 2.75) is 13.8 Å². The SMILES string of the molecule is Cc1cc(C)cc(Nc2ccccc2C(=O)O)c1.O=C(O)c1ccccc1Cl. The molecule has 144 valence electrons. The standard InChI is InChI=1S/C15H15NO2.C7H5ClO2/c1-10-7-11(2)9-12(8-10)16-14-6-4-3-5-13(14)15(17)18;8-6-4-2-1-3-5(6)7(9)10/h3-9,16H,1-2H3,(H,17,18);1-4H,(H,9,10). The first-order valence-electron chi connectivity index (χ1n) is 8.43. The van der Waals surface area contributed by atoms with Gasteiger partial charge in [-0.05, 0) is 61.4 Å². The van der Waals surface area contributed by atoms with Gasteiger partial charge in [-0.15, -0.1) is 0 Å². The Balaban J connectivity index is 0.000000237. The molecular formula is C22H20ClNO4. The minimum Gasteiger partial charge on any atom is -0.478 e. The smallest absolute Gasteiger partial charge is 0.337 e. The monoisotopic (exact) mass is 397 g/mol. The molecule has 0 saturated carbocycles. The van der Waals surface area contributed by atoms with E-state index in [0.717, 1.165) is 16.8 Å². The van der Waals surface area contributed by atoms with Crippen LogP contribution in [-0.4, -0.2) is 22.2 Å². The lowest BCUT2D eigenvalue weighted by atomic mass is 10.1. The van der Waals surface area contributed by atoms with Crippen molar-refractivity contribution < 1.29 is 19.8 Å². The van der Waals surface area contributed by atoms with Gasteiger partial charge in [0.05, 0.1) is 21.8 Å². The van der Waals surface area contributed by atoms with Gasteiger partial charge in [-0.2, -0.15) is 0 Å². The van der Waals surface area contributed by atoms with Crippen molar-refractivity contribution in [2.75, 3.05) is 5.32 Å². The highest BCUT2D eigenvalue weighted by molar-refractivity contribution is 6.33. The first-order chi connectivity index (χ1) is 13.3. The highest BCUT2D eigenvalue weighted by Crippen LogP contribution is 2.22. The molecule has 3 aromatic carbocycles. The van der Waals surface area contributed by atoms with Crippen LogP contribution in [0.2, 0.25) is 5.02 Å². The van der Waals surface area contributed by atoms with Gasteiger partial charge in [0.25, 0.3) is 0 Å². The fourth-order valence-electron chi connectivity index (χ4n) is 2.62. The van der Waals surface area contributed by atoms with Crippen molar-refractivity contribution in [1.29, 1.82) is 0 Å². The number of aromatic carboxylic acids is 2. The van der Waals surface area contributed by atoms with E-state index in [1.54, 1.807) is 36.4 Å². The molecule has 0 unspecified atom stereocenters. The van der Waals surface area contributed by atoms with Crippen LogP contribution < -0.4 is 5.32 Å². The number of carboxylic acid groups (broad SMARTS) is 2. The number of rotatable bonds is 4. The molecule has 3 aromatic rings. The molecule has 0 bridgehead atoms. The summed E-state index contributed by atoms with van der Waals surface area (Å²) in [5.41, 5.74) is 4.22. The summed E-state index contributed by atoms with van der Waals surface area (Å²) in [4.78, 5) is 21.4. The van der Waals surface area contributed by atoms with Crippen molar-refractivity contribution in [3.8, 4) is 0 Å². The Morgan fingerprint density at radius 1 is 0.786 bits per heavy atom. The van der Waals surface area contributed by atoms with Gasteiger partial charge >= 0.3 is 11.9 Å². The Hall–Kier alpha value is -3.31. The zero-order valence-corrected chi connectivity index (χ0v) is 16.2. The number of nitrogens with one attached hydrogen (secondary N) is 1. The molecule has 5 nitrogen and oxygen atoms in total. The predicted molar refractivity (Wildman–Crippen MR) is 111 cm³/mol. The number of hydrogen-bond acceptors (Lipinski definition) is 3. The van der Waals surface area contributed by atoms with Crippen molar-refractivity contribution in [2.24, 2.45) is 0 Å². The van der Waals surface area contributed by atoms with Crippen molar-refractivity contribution >= 4 is 34.9 Å². The lowest BCUT2D eigenvalue weighted by Crippen LogP contribution is -2.02.